The molecule has 0 atom stereocenters. The van der Waals surface area contributed by atoms with E-state index in [9.17, 15) is 0 Å². The minimum Gasteiger partial charge on any atom is -0.330 e. The van der Waals surface area contributed by atoms with Crippen molar-refractivity contribution < 1.29 is 0 Å². The first-order valence-electron chi connectivity index (χ1n) is 4.31. The van der Waals surface area contributed by atoms with E-state index in [0.717, 1.165) is 6.54 Å². The molecule has 11 heavy (non-hydrogen) atoms. The largest absolute Gasteiger partial charge is 0.330 e. The Bertz CT molecular complexity index is 91.6. The Morgan fingerprint density at radius 2 is 1.91 bits per heavy atom. The van der Waals surface area contributed by atoms with Crippen molar-refractivity contribution in [2.45, 2.75) is 33.1 Å². The second-order valence-electron chi connectivity index (χ2n) is 3.84. The molecule has 2 heteroatoms. The first-order chi connectivity index (χ1) is 5.12. The normalized spacial score (nSPS) is 12.0. The third kappa shape index (κ3) is 6.70. The molecule has 1 nitrogen and oxygen atoms in total. The maximum Gasteiger partial charge on any atom is -0.00189 e. The highest BCUT2D eigenvalue weighted by Crippen LogP contribution is 2.26. The number of nitrogens with two attached hydrogens (primary N) is 1. The van der Waals surface area contributed by atoms with Crippen LogP contribution in [0.3, 0.4) is 0 Å². The molecular weight excluding hydrogens is 154 g/mol. The van der Waals surface area contributed by atoms with Crippen molar-refractivity contribution in [2.24, 2.45) is 11.1 Å². The van der Waals surface area contributed by atoms with Crippen LogP contribution in [-0.2, 0) is 0 Å². The Morgan fingerprint density at radius 1 is 1.27 bits per heavy atom. The summed E-state index contributed by atoms with van der Waals surface area (Å²) in [5.41, 5.74) is 5.94. The Kier molecular flexibility index (Phi) is 6.06. The Morgan fingerprint density at radius 3 is 2.36 bits per heavy atom. The monoisotopic (exact) mass is 175 g/mol. The molecule has 0 aromatic heterocycles. The number of thioether (sulfide) groups is 1. The first-order valence-corrected chi connectivity index (χ1v) is 5.71. The quantitative estimate of drug-likeness (QED) is 0.628. The fraction of sp³-hybridized carbons (Fsp3) is 1.00. The molecule has 0 unspecified atom stereocenters. The predicted molar refractivity (Wildman–Crippen MR) is 55.1 cm³/mol. The zero-order valence-corrected chi connectivity index (χ0v) is 8.84. The lowest BCUT2D eigenvalue weighted by Crippen LogP contribution is -2.14. The predicted octanol–water partition coefficient (Wildman–Crippen LogP) is 2.50. The van der Waals surface area contributed by atoms with E-state index >= 15 is 0 Å². The van der Waals surface area contributed by atoms with Crippen molar-refractivity contribution >= 4 is 11.8 Å². The van der Waals surface area contributed by atoms with Gasteiger partial charge < -0.3 is 5.73 Å². The van der Waals surface area contributed by atoms with Gasteiger partial charge in [-0.15, -0.1) is 0 Å². The molecule has 0 saturated heterocycles. The molecule has 0 aliphatic heterocycles. The highest BCUT2D eigenvalue weighted by molar-refractivity contribution is 7.98. The molecule has 0 spiro atoms. The number of rotatable bonds is 6. The van der Waals surface area contributed by atoms with Gasteiger partial charge in [0.15, 0.2) is 0 Å². The van der Waals surface area contributed by atoms with Crippen LogP contribution in [0.1, 0.15) is 33.1 Å². The van der Waals surface area contributed by atoms with E-state index in [2.05, 4.69) is 20.1 Å². The smallest absolute Gasteiger partial charge is 0.00189 e. The summed E-state index contributed by atoms with van der Waals surface area (Å²) in [5, 5.41) is 0. The molecule has 0 aliphatic carbocycles. The van der Waals surface area contributed by atoms with Crippen LogP contribution in [0.15, 0.2) is 0 Å². The summed E-state index contributed by atoms with van der Waals surface area (Å²) < 4.78 is 0. The topological polar surface area (TPSA) is 26.0 Å². The van der Waals surface area contributed by atoms with Crippen LogP contribution in [-0.4, -0.2) is 18.6 Å². The molecule has 0 bridgehead atoms. The van der Waals surface area contributed by atoms with E-state index in [4.69, 9.17) is 5.73 Å². The van der Waals surface area contributed by atoms with Gasteiger partial charge in [0, 0.05) is 0 Å². The van der Waals surface area contributed by atoms with Crippen molar-refractivity contribution in [3.63, 3.8) is 0 Å². The van der Waals surface area contributed by atoms with Gasteiger partial charge in [-0.25, -0.2) is 0 Å². The first kappa shape index (κ1) is 11.3. The van der Waals surface area contributed by atoms with Crippen LogP contribution in [0, 0.1) is 5.41 Å². The van der Waals surface area contributed by atoms with Crippen molar-refractivity contribution in [3.8, 4) is 0 Å². The molecule has 68 valence electrons. The molecule has 0 rings (SSSR count). The zero-order valence-electron chi connectivity index (χ0n) is 8.02. The van der Waals surface area contributed by atoms with Crippen molar-refractivity contribution in [1.82, 2.24) is 0 Å². The molecule has 0 heterocycles. The van der Waals surface area contributed by atoms with Gasteiger partial charge in [-0.05, 0) is 36.8 Å². The molecule has 0 aromatic carbocycles. The van der Waals surface area contributed by atoms with Gasteiger partial charge in [0.25, 0.3) is 0 Å². The van der Waals surface area contributed by atoms with Gasteiger partial charge >= 0.3 is 0 Å². The number of hydrogen-bond donors (Lipinski definition) is 1. The van der Waals surface area contributed by atoms with Crippen molar-refractivity contribution in [1.29, 1.82) is 0 Å². The van der Waals surface area contributed by atoms with Gasteiger partial charge in [-0.3, -0.25) is 0 Å². The van der Waals surface area contributed by atoms with Crippen LogP contribution in [0.25, 0.3) is 0 Å². The second kappa shape index (κ2) is 5.90. The molecule has 0 saturated carbocycles. The molecule has 0 fully saturated rings. The van der Waals surface area contributed by atoms with Crippen molar-refractivity contribution in [2.75, 3.05) is 18.6 Å². The highest BCUT2D eigenvalue weighted by Gasteiger charge is 2.15. The fourth-order valence-corrected chi connectivity index (χ4v) is 2.14. The van der Waals surface area contributed by atoms with E-state index in [-0.39, 0.29) is 0 Å². The number of hydrogen-bond acceptors (Lipinski definition) is 2. The van der Waals surface area contributed by atoms with E-state index in [1.54, 1.807) is 0 Å². The highest BCUT2D eigenvalue weighted by atomic mass is 32.2. The van der Waals surface area contributed by atoms with Crippen LogP contribution in [0.4, 0.5) is 0 Å². The van der Waals surface area contributed by atoms with Crippen LogP contribution >= 0.6 is 11.8 Å². The van der Waals surface area contributed by atoms with E-state index in [1.807, 2.05) is 11.8 Å². The summed E-state index contributed by atoms with van der Waals surface area (Å²) in [5.74, 6) is 1.26. The second-order valence-corrected chi connectivity index (χ2v) is 4.71. The maximum atomic E-state index is 5.43. The van der Waals surface area contributed by atoms with E-state index in [1.165, 1.54) is 25.0 Å². The van der Waals surface area contributed by atoms with Gasteiger partial charge in [-0.2, -0.15) is 11.8 Å². The fourth-order valence-electron chi connectivity index (χ4n) is 1.21. The maximum absolute atomic E-state index is 5.43. The lowest BCUT2D eigenvalue weighted by atomic mass is 9.89. The lowest BCUT2D eigenvalue weighted by molar-refractivity contribution is 0.370. The summed E-state index contributed by atoms with van der Waals surface area (Å²) in [7, 11) is 0. The molecule has 2 N–H and O–H groups in total. The Balaban J connectivity index is 3.38. The summed E-state index contributed by atoms with van der Waals surface area (Å²) in [6.07, 6.45) is 5.94. The average Bonchev–Trinajstić information content (AvgIpc) is 1.87. The van der Waals surface area contributed by atoms with Crippen molar-refractivity contribution in [3.05, 3.63) is 0 Å². The van der Waals surface area contributed by atoms with E-state index < -0.39 is 0 Å². The molecule has 0 aromatic rings. The Hall–Kier alpha value is 0.310. The van der Waals surface area contributed by atoms with Gasteiger partial charge in [0.2, 0.25) is 0 Å². The minimum absolute atomic E-state index is 0.509. The third-order valence-electron chi connectivity index (χ3n) is 1.84. The van der Waals surface area contributed by atoms with Gasteiger partial charge in [-0.1, -0.05) is 20.3 Å². The van der Waals surface area contributed by atoms with Gasteiger partial charge in [0.05, 0.1) is 0 Å². The molecule has 0 amide bonds. The Labute approximate surface area is 75.1 Å². The van der Waals surface area contributed by atoms with E-state index in [0.29, 0.717) is 5.41 Å². The van der Waals surface area contributed by atoms with Crippen LogP contribution in [0.2, 0.25) is 0 Å². The number of unbranched alkanes of at least 4 members (excludes halogenated alkanes) is 1. The average molecular weight is 175 g/mol. The summed E-state index contributed by atoms with van der Waals surface area (Å²) in [6.45, 7) is 5.51. The molecule has 0 aliphatic rings. The summed E-state index contributed by atoms with van der Waals surface area (Å²) in [6, 6.07) is 0. The summed E-state index contributed by atoms with van der Waals surface area (Å²) in [4.78, 5) is 0. The van der Waals surface area contributed by atoms with Crippen LogP contribution in [0.5, 0.6) is 0 Å². The standard InChI is InChI=1S/C9H21NS/c1-9(2,8-11-3)6-4-5-7-10/h4-8,10H2,1-3H3. The lowest BCUT2D eigenvalue weighted by Gasteiger charge is -2.22. The molecule has 0 radical (unpaired) electrons. The SMILES string of the molecule is CSCC(C)(C)CCCCN. The zero-order chi connectivity index (χ0) is 8.74. The van der Waals surface area contributed by atoms with Gasteiger partial charge in [0.1, 0.15) is 0 Å². The minimum atomic E-state index is 0.509. The third-order valence-corrected chi connectivity index (χ3v) is 2.91. The van der Waals surface area contributed by atoms with Crippen LogP contribution < -0.4 is 5.73 Å². The summed E-state index contributed by atoms with van der Waals surface area (Å²) >= 11 is 1.94. The molecular formula is C9H21NS.